The summed E-state index contributed by atoms with van der Waals surface area (Å²) in [6.07, 6.45) is 0. The molecule has 0 aliphatic carbocycles. The van der Waals surface area contributed by atoms with Gasteiger partial charge in [-0.3, -0.25) is 0 Å². The molecule has 41 heavy (non-hydrogen) atoms. The smallest absolute Gasteiger partial charge is 0.335 e. The van der Waals surface area contributed by atoms with Crippen LogP contribution in [0.1, 0.15) is 105 Å². The molecule has 3 aromatic rings. The highest BCUT2D eigenvalue weighted by atomic mass is 28.3. The maximum absolute atomic E-state index is 11.8. The van der Waals surface area contributed by atoms with Crippen molar-refractivity contribution in [1.29, 1.82) is 0 Å². The number of benzene rings is 3. The average Bonchev–Trinajstić information content (AvgIpc) is 2.87. The maximum Gasteiger partial charge on any atom is 0.335 e. The lowest BCUT2D eigenvalue weighted by Crippen LogP contribution is -2.43. The van der Waals surface area contributed by atoms with Gasteiger partial charge in [0.05, 0.1) is 5.56 Å². The quantitative estimate of drug-likeness (QED) is 0.171. The van der Waals surface area contributed by atoms with Gasteiger partial charge in [0.1, 0.15) is 16.1 Å². The zero-order valence-corrected chi connectivity index (χ0v) is 29.4. The van der Waals surface area contributed by atoms with E-state index in [4.69, 9.17) is 0 Å². The van der Waals surface area contributed by atoms with Crippen LogP contribution >= 0.6 is 0 Å². The van der Waals surface area contributed by atoms with E-state index in [-0.39, 0.29) is 0 Å². The Morgan fingerprint density at radius 1 is 0.634 bits per heavy atom. The molecule has 0 radical (unpaired) electrons. The van der Waals surface area contributed by atoms with E-state index in [1.165, 1.54) is 0 Å². The lowest BCUT2D eigenvalue weighted by Gasteiger charge is -2.38. The highest BCUT2D eigenvalue weighted by Crippen LogP contribution is 2.42. The van der Waals surface area contributed by atoms with Crippen LogP contribution in [0.15, 0.2) is 42.5 Å². The van der Waals surface area contributed by atoms with Gasteiger partial charge in [-0.2, -0.15) is 0 Å². The Labute approximate surface area is 251 Å². The van der Waals surface area contributed by atoms with Crippen LogP contribution in [0.4, 0.5) is 0 Å². The van der Waals surface area contributed by atoms with Crippen LogP contribution in [0.25, 0.3) is 21.5 Å². The third-order valence-electron chi connectivity index (χ3n) is 9.78. The molecule has 3 aromatic carbocycles. The molecule has 0 heterocycles. The molecule has 3 rings (SSSR count). The molecule has 0 aromatic heterocycles. The Kier molecular flexibility index (Phi) is 10.1. The molecule has 0 unspecified atom stereocenters. The second kappa shape index (κ2) is 12.6. The molecular weight excluding hydrogens is 533 g/mol. The van der Waals surface area contributed by atoms with Crippen molar-refractivity contribution in [3.63, 3.8) is 0 Å². The monoisotopic (exact) mass is 582 g/mol. The van der Waals surface area contributed by atoms with Crippen molar-refractivity contribution in [2.75, 3.05) is 0 Å². The second-order valence-electron chi connectivity index (χ2n) is 13.7. The van der Waals surface area contributed by atoms with Crippen LogP contribution in [0.3, 0.4) is 0 Å². The number of fused-ring (bicyclic) bond motifs is 2. The normalized spacial score (nSPS) is 12.5. The fourth-order valence-electron chi connectivity index (χ4n) is 7.76. The summed E-state index contributed by atoms with van der Waals surface area (Å²) in [5.74, 6) is 6.60. The van der Waals surface area contributed by atoms with Crippen LogP contribution < -0.4 is 0 Å². The summed E-state index contributed by atoms with van der Waals surface area (Å²) >= 11 is 0. The highest BCUT2D eigenvalue weighted by molar-refractivity contribution is 6.91. The number of hydrogen-bond donors (Lipinski definition) is 1. The summed E-state index contributed by atoms with van der Waals surface area (Å²) in [6, 6.07) is 13.9. The van der Waals surface area contributed by atoms with Crippen molar-refractivity contribution in [2.45, 2.75) is 116 Å². The molecule has 0 spiro atoms. The molecule has 2 nitrogen and oxygen atoms in total. The van der Waals surface area contributed by atoms with Gasteiger partial charge in [0.15, 0.2) is 0 Å². The molecule has 4 heteroatoms. The van der Waals surface area contributed by atoms with Gasteiger partial charge < -0.3 is 5.11 Å². The van der Waals surface area contributed by atoms with Crippen LogP contribution in [0, 0.1) is 22.9 Å². The van der Waals surface area contributed by atoms with Crippen molar-refractivity contribution in [3.05, 3.63) is 59.2 Å². The number of aromatic carboxylic acids is 1. The molecule has 0 bridgehead atoms. The minimum absolute atomic E-state index is 0.295. The first kappa shape index (κ1) is 32.7. The Bertz CT molecular complexity index is 1510. The lowest BCUT2D eigenvalue weighted by molar-refractivity contribution is 0.0697. The van der Waals surface area contributed by atoms with E-state index >= 15 is 0 Å². The van der Waals surface area contributed by atoms with E-state index in [1.807, 2.05) is 6.07 Å². The molecular formula is C37H50O2Si2. The molecule has 0 atom stereocenters. The van der Waals surface area contributed by atoms with E-state index < -0.39 is 22.1 Å². The van der Waals surface area contributed by atoms with Gasteiger partial charge in [-0.1, -0.05) is 113 Å². The van der Waals surface area contributed by atoms with Crippen LogP contribution in [0.5, 0.6) is 0 Å². The predicted octanol–water partition coefficient (Wildman–Crippen LogP) is 10.8. The summed E-state index contributed by atoms with van der Waals surface area (Å²) in [7, 11) is -3.95. The molecule has 0 fully saturated rings. The van der Waals surface area contributed by atoms with Gasteiger partial charge in [-0.05, 0) is 73.7 Å². The van der Waals surface area contributed by atoms with Gasteiger partial charge in [0.25, 0.3) is 0 Å². The van der Waals surface area contributed by atoms with E-state index in [2.05, 4.69) is 130 Å². The van der Waals surface area contributed by atoms with Crippen molar-refractivity contribution in [1.82, 2.24) is 0 Å². The van der Waals surface area contributed by atoms with Gasteiger partial charge in [-0.25, -0.2) is 4.79 Å². The largest absolute Gasteiger partial charge is 0.478 e. The number of carboxylic acids is 1. The van der Waals surface area contributed by atoms with Gasteiger partial charge in [0, 0.05) is 16.5 Å². The molecule has 218 valence electrons. The molecule has 0 amide bonds. The third kappa shape index (κ3) is 5.93. The zero-order chi connectivity index (χ0) is 30.9. The van der Waals surface area contributed by atoms with Crippen molar-refractivity contribution >= 4 is 43.7 Å². The second-order valence-corrected chi connectivity index (χ2v) is 24.9. The number of rotatable bonds is 7. The first-order valence-electron chi connectivity index (χ1n) is 15.4. The molecule has 0 saturated carbocycles. The summed E-state index contributed by atoms with van der Waals surface area (Å²) in [5, 5.41) is 13.8. The van der Waals surface area contributed by atoms with Gasteiger partial charge in [-0.15, -0.1) is 11.1 Å². The van der Waals surface area contributed by atoms with E-state index in [1.54, 1.807) is 12.1 Å². The highest BCUT2D eigenvalue weighted by Gasteiger charge is 2.42. The summed E-state index contributed by atoms with van der Waals surface area (Å²) < 4.78 is 0. The Morgan fingerprint density at radius 3 is 1.59 bits per heavy atom. The van der Waals surface area contributed by atoms with E-state index in [9.17, 15) is 9.90 Å². The number of carbonyl (C=O) groups is 1. The molecule has 0 saturated heterocycles. The van der Waals surface area contributed by atoms with E-state index in [0.717, 1.165) is 32.7 Å². The fourth-order valence-corrected chi connectivity index (χ4v) is 18.2. The Morgan fingerprint density at radius 2 is 1.12 bits per heavy atom. The SMILES string of the molecule is CC(C)[Si](C#Cc1cccc2cc3cc(C(=O)O)ccc3c(C#C[Si](C(C)C)(C(C)C)C(C)C)c12)(C(C)C)C(C)C. The number of carboxylic acid groups (broad SMARTS) is 1. The minimum atomic E-state index is -2.01. The summed E-state index contributed by atoms with van der Waals surface area (Å²) in [4.78, 5) is 11.8. The summed E-state index contributed by atoms with van der Waals surface area (Å²) in [5.41, 5.74) is 13.4. The lowest BCUT2D eigenvalue weighted by atomic mass is 9.93. The van der Waals surface area contributed by atoms with Gasteiger partial charge in [0.2, 0.25) is 0 Å². The molecule has 0 aliphatic rings. The standard InChI is InChI=1S/C37H50O2Si2/c1-24(2)40(25(3)4,26(5)6)20-18-30-14-13-15-31-22-33-23-32(37(38)39)16-17-34(33)35(36(30)31)19-21-41(27(7)8,28(9)10)29(11)12/h13-17,22-29H,1-12H3,(H,38,39). The van der Waals surface area contributed by atoms with Crippen LogP contribution in [-0.2, 0) is 0 Å². The van der Waals surface area contributed by atoms with Crippen LogP contribution in [-0.4, -0.2) is 27.2 Å². The third-order valence-corrected chi connectivity index (χ3v) is 22.4. The maximum atomic E-state index is 11.8. The first-order chi connectivity index (χ1) is 19.1. The topological polar surface area (TPSA) is 37.3 Å². The fraction of sp³-hybridized carbons (Fsp3) is 0.486. The average molecular weight is 583 g/mol. The predicted molar refractivity (Wildman–Crippen MR) is 184 cm³/mol. The summed E-state index contributed by atoms with van der Waals surface area (Å²) in [6.45, 7) is 28.1. The Balaban J connectivity index is 2.52. The van der Waals surface area contributed by atoms with Gasteiger partial charge >= 0.3 is 5.97 Å². The molecule has 1 N–H and O–H groups in total. The minimum Gasteiger partial charge on any atom is -0.478 e. The van der Waals surface area contributed by atoms with Crippen molar-refractivity contribution in [3.8, 4) is 22.9 Å². The number of hydrogen-bond acceptors (Lipinski definition) is 1. The zero-order valence-electron chi connectivity index (χ0n) is 27.4. The van der Waals surface area contributed by atoms with Crippen molar-refractivity contribution in [2.24, 2.45) is 0 Å². The first-order valence-corrected chi connectivity index (χ1v) is 19.9. The Hall–Kier alpha value is -2.80. The van der Waals surface area contributed by atoms with E-state index in [0.29, 0.717) is 38.8 Å². The van der Waals surface area contributed by atoms with Crippen molar-refractivity contribution < 1.29 is 9.90 Å². The van der Waals surface area contributed by atoms with Crippen LogP contribution in [0.2, 0.25) is 33.2 Å². The molecule has 0 aliphatic heterocycles.